The third-order valence-corrected chi connectivity index (χ3v) is 6.06. The fraction of sp³-hybridized carbons (Fsp3) is 0.273. The summed E-state index contributed by atoms with van der Waals surface area (Å²) in [6.45, 7) is 0. The fourth-order valence-electron chi connectivity index (χ4n) is 4.51. The van der Waals surface area contributed by atoms with E-state index in [1.165, 1.54) is 25.4 Å². The number of nitrogen functional groups attached to an aromatic ring is 1. The molecule has 3 heterocycles. The number of benzene rings is 1. The maximum absolute atomic E-state index is 14.9. The molecule has 0 fully saturated rings. The number of carbonyl (C=O) groups excluding carboxylic acids is 1. The van der Waals surface area contributed by atoms with Crippen LogP contribution in [0.15, 0.2) is 36.5 Å². The number of nitrogens with zero attached hydrogens (tertiary/aromatic N) is 5. The highest BCUT2D eigenvalue weighted by atomic mass is 19.4. The highest BCUT2D eigenvalue weighted by Crippen LogP contribution is 2.47. The van der Waals surface area contributed by atoms with E-state index < -0.39 is 36.2 Å². The number of fused-ring (bicyclic) bond motifs is 4. The minimum atomic E-state index is -4.76. The van der Waals surface area contributed by atoms with Gasteiger partial charge >= 0.3 is 6.18 Å². The smallest absolute Gasteiger partial charge is 0.383 e. The first kappa shape index (κ1) is 22.0. The summed E-state index contributed by atoms with van der Waals surface area (Å²) in [5.74, 6) is -3.96. The van der Waals surface area contributed by atoms with Gasteiger partial charge in [0.05, 0.1) is 34.7 Å². The normalized spacial score (nSPS) is 17.3. The summed E-state index contributed by atoms with van der Waals surface area (Å²) in [6, 6.07) is 4.36. The first-order valence-corrected chi connectivity index (χ1v) is 10.1. The van der Waals surface area contributed by atoms with Gasteiger partial charge in [0.1, 0.15) is 17.6 Å². The summed E-state index contributed by atoms with van der Waals surface area (Å²) in [6.07, 6.45) is -4.22. The number of nitrogens with two attached hydrogens (primary N) is 1. The lowest BCUT2D eigenvalue weighted by Gasteiger charge is -2.30. The summed E-state index contributed by atoms with van der Waals surface area (Å²) in [5, 5.41) is 5.30. The van der Waals surface area contributed by atoms with E-state index in [1.54, 1.807) is 17.8 Å². The van der Waals surface area contributed by atoms with Crippen LogP contribution < -0.4 is 5.73 Å². The van der Waals surface area contributed by atoms with Crippen molar-refractivity contribution >= 4 is 33.5 Å². The lowest BCUT2D eigenvalue weighted by Crippen LogP contribution is -2.39. The average Bonchev–Trinajstić information content (AvgIpc) is 3.27. The summed E-state index contributed by atoms with van der Waals surface area (Å²) in [7, 11) is 2.89. The molecule has 1 aliphatic rings. The van der Waals surface area contributed by atoms with E-state index in [0.717, 1.165) is 11.0 Å². The number of amides is 1. The molecule has 2 N–H and O–H groups in total. The zero-order chi connectivity index (χ0) is 24.6. The van der Waals surface area contributed by atoms with Crippen LogP contribution in [0.2, 0.25) is 0 Å². The van der Waals surface area contributed by atoms with Crippen LogP contribution in [-0.2, 0) is 19.6 Å². The highest BCUT2D eigenvalue weighted by Gasteiger charge is 2.52. The van der Waals surface area contributed by atoms with Crippen LogP contribution in [0, 0.1) is 0 Å². The Hall–Kier alpha value is -3.83. The van der Waals surface area contributed by atoms with Crippen molar-refractivity contribution in [3.8, 4) is 0 Å². The predicted molar refractivity (Wildman–Crippen MR) is 113 cm³/mol. The van der Waals surface area contributed by atoms with Gasteiger partial charge in [-0.3, -0.25) is 9.48 Å². The van der Waals surface area contributed by atoms with Crippen LogP contribution in [0.25, 0.3) is 21.8 Å². The minimum absolute atomic E-state index is 0.105. The summed E-state index contributed by atoms with van der Waals surface area (Å²) >= 11 is 0. The zero-order valence-electron chi connectivity index (χ0n) is 17.9. The molecule has 12 heteroatoms. The zero-order valence-corrected chi connectivity index (χ0v) is 17.9. The highest BCUT2D eigenvalue weighted by molar-refractivity contribution is 6.10. The Bertz CT molecular complexity index is 1480. The van der Waals surface area contributed by atoms with E-state index in [2.05, 4.69) is 15.1 Å². The molecule has 7 nitrogen and oxygen atoms in total. The second kappa shape index (κ2) is 7.08. The molecule has 0 radical (unpaired) electrons. The summed E-state index contributed by atoms with van der Waals surface area (Å²) < 4.78 is 70.4. The number of hydrogen-bond acceptors (Lipinski definition) is 5. The van der Waals surface area contributed by atoms with E-state index in [0.29, 0.717) is 27.9 Å². The molecule has 0 bridgehead atoms. The largest absolute Gasteiger partial charge is 0.433 e. The first-order chi connectivity index (χ1) is 15.9. The standard InChI is InChI=1S/C22H17F5N6O/c1-32(18-11-4-6-16(22(25,26)27)30-15(11)8-21(18,23)24)20(34)10-3-5-14-12(7-10)17-13(19(28)31-14)9-29-33(17)2/h3-7,9,18H,8H2,1-2H3,(H2,28,31). The van der Waals surface area contributed by atoms with Gasteiger partial charge in [0.25, 0.3) is 11.8 Å². The van der Waals surface area contributed by atoms with Gasteiger partial charge in [0.2, 0.25) is 0 Å². The molecular formula is C22H17F5N6O. The number of anilines is 1. The quantitative estimate of drug-likeness (QED) is 0.440. The van der Waals surface area contributed by atoms with Crippen LogP contribution in [0.1, 0.15) is 33.4 Å². The van der Waals surface area contributed by atoms with Crippen molar-refractivity contribution in [3.05, 3.63) is 59.0 Å². The Labute approximate surface area is 189 Å². The number of alkyl halides is 5. The Morgan fingerprint density at radius 1 is 1.18 bits per heavy atom. The summed E-state index contributed by atoms with van der Waals surface area (Å²) in [5.41, 5.74) is 5.46. The van der Waals surface area contributed by atoms with Gasteiger partial charge in [-0.15, -0.1) is 0 Å². The molecule has 0 aliphatic heterocycles. The molecule has 1 amide bonds. The second-order valence-electron chi connectivity index (χ2n) is 8.25. The number of halogens is 5. The number of hydrogen-bond donors (Lipinski definition) is 1. The molecule has 34 heavy (non-hydrogen) atoms. The van der Waals surface area contributed by atoms with Crippen LogP contribution in [0.5, 0.6) is 0 Å². The van der Waals surface area contributed by atoms with Crippen molar-refractivity contribution in [1.29, 1.82) is 0 Å². The van der Waals surface area contributed by atoms with E-state index in [9.17, 15) is 26.7 Å². The maximum Gasteiger partial charge on any atom is 0.433 e. The van der Waals surface area contributed by atoms with Gasteiger partial charge in [-0.25, -0.2) is 18.7 Å². The van der Waals surface area contributed by atoms with E-state index >= 15 is 0 Å². The maximum atomic E-state index is 14.9. The molecule has 1 aliphatic carbocycles. The van der Waals surface area contributed by atoms with E-state index in [4.69, 9.17) is 5.73 Å². The van der Waals surface area contributed by atoms with Gasteiger partial charge in [-0.05, 0) is 24.3 Å². The van der Waals surface area contributed by atoms with Gasteiger partial charge in [-0.1, -0.05) is 6.07 Å². The van der Waals surface area contributed by atoms with Gasteiger partial charge < -0.3 is 10.6 Å². The van der Waals surface area contributed by atoms with E-state index in [1.807, 2.05) is 0 Å². The topological polar surface area (TPSA) is 89.9 Å². The molecule has 0 saturated carbocycles. The Balaban J connectivity index is 1.56. The third-order valence-electron chi connectivity index (χ3n) is 6.06. The molecule has 1 aromatic carbocycles. The van der Waals surface area contributed by atoms with Crippen LogP contribution in [0.3, 0.4) is 0 Å². The molecule has 0 spiro atoms. The lowest BCUT2D eigenvalue weighted by molar-refractivity contribution is -0.141. The molecule has 4 aromatic rings. The molecule has 3 aromatic heterocycles. The van der Waals surface area contributed by atoms with Gasteiger partial charge in [0, 0.05) is 30.6 Å². The Morgan fingerprint density at radius 3 is 2.62 bits per heavy atom. The first-order valence-electron chi connectivity index (χ1n) is 10.1. The van der Waals surface area contributed by atoms with Crippen LogP contribution in [-0.4, -0.2) is 43.5 Å². The summed E-state index contributed by atoms with van der Waals surface area (Å²) in [4.78, 5) is 21.8. The SMILES string of the molecule is CN(C(=O)c1ccc2nc(N)c3cnn(C)c3c2c1)C1c2ccc(C(F)(F)F)nc2CC1(F)F. The number of aryl methyl sites for hydroxylation is 1. The van der Waals surface area contributed by atoms with Crippen molar-refractivity contribution in [2.45, 2.75) is 24.6 Å². The minimum Gasteiger partial charge on any atom is -0.383 e. The lowest BCUT2D eigenvalue weighted by atomic mass is 10.0. The Kier molecular flexibility index (Phi) is 4.58. The molecule has 176 valence electrons. The van der Waals surface area contributed by atoms with Crippen LogP contribution in [0.4, 0.5) is 27.8 Å². The monoisotopic (exact) mass is 476 g/mol. The molecule has 1 atom stereocenters. The molecular weight excluding hydrogens is 459 g/mol. The molecule has 1 unspecified atom stereocenters. The number of aromatic nitrogens is 4. The van der Waals surface area contributed by atoms with Crippen molar-refractivity contribution in [2.24, 2.45) is 7.05 Å². The van der Waals surface area contributed by atoms with Crippen molar-refractivity contribution in [2.75, 3.05) is 12.8 Å². The molecule has 5 rings (SSSR count). The Morgan fingerprint density at radius 2 is 1.91 bits per heavy atom. The molecule has 0 saturated heterocycles. The van der Waals surface area contributed by atoms with E-state index in [-0.39, 0.29) is 22.6 Å². The number of rotatable bonds is 2. The van der Waals surface area contributed by atoms with Crippen molar-refractivity contribution < 1.29 is 26.7 Å². The average molecular weight is 476 g/mol. The van der Waals surface area contributed by atoms with Crippen LogP contribution >= 0.6 is 0 Å². The third kappa shape index (κ3) is 3.24. The fourth-order valence-corrected chi connectivity index (χ4v) is 4.51. The number of carbonyl (C=O) groups is 1. The number of pyridine rings is 2. The van der Waals surface area contributed by atoms with Crippen molar-refractivity contribution in [1.82, 2.24) is 24.6 Å². The van der Waals surface area contributed by atoms with Crippen molar-refractivity contribution in [3.63, 3.8) is 0 Å². The van der Waals surface area contributed by atoms with Gasteiger partial charge in [0.15, 0.2) is 0 Å². The van der Waals surface area contributed by atoms with Gasteiger partial charge in [-0.2, -0.15) is 18.3 Å². The predicted octanol–water partition coefficient (Wildman–Crippen LogP) is 4.12. The second-order valence-corrected chi connectivity index (χ2v) is 8.25.